The number of anilines is 1. The number of hydrogen-bond donors (Lipinski definition) is 1. The van der Waals surface area contributed by atoms with Gasteiger partial charge in [0.25, 0.3) is 0 Å². The molecule has 2 aromatic rings. The van der Waals surface area contributed by atoms with E-state index in [2.05, 4.69) is 57.6 Å². The van der Waals surface area contributed by atoms with Gasteiger partial charge in [0.05, 0.1) is 0 Å². The second kappa shape index (κ2) is 5.15. The Morgan fingerprint density at radius 2 is 1.72 bits per heavy atom. The Hall–Kier alpha value is -1.28. The summed E-state index contributed by atoms with van der Waals surface area (Å²) in [6.45, 7) is 0.869. The number of rotatable bonds is 4. The molecule has 0 saturated heterocycles. The summed E-state index contributed by atoms with van der Waals surface area (Å²) in [5.41, 5.74) is 3.97. The molecule has 0 amide bonds. The van der Waals surface area contributed by atoms with Gasteiger partial charge in [-0.15, -0.1) is 0 Å². The van der Waals surface area contributed by atoms with Crippen molar-refractivity contribution in [2.75, 3.05) is 5.32 Å². The monoisotopic (exact) mass is 301 g/mol. The van der Waals surface area contributed by atoms with Crippen LogP contribution in [0.15, 0.2) is 53.0 Å². The summed E-state index contributed by atoms with van der Waals surface area (Å²) in [4.78, 5) is 0. The van der Waals surface area contributed by atoms with Gasteiger partial charge in [0.2, 0.25) is 0 Å². The molecule has 0 heterocycles. The van der Waals surface area contributed by atoms with Gasteiger partial charge in [0, 0.05) is 16.7 Å². The summed E-state index contributed by atoms with van der Waals surface area (Å²) < 4.78 is 1.11. The van der Waals surface area contributed by atoms with E-state index in [1.54, 1.807) is 0 Å². The van der Waals surface area contributed by atoms with E-state index in [9.17, 15) is 0 Å². The van der Waals surface area contributed by atoms with Crippen LogP contribution in [0.4, 0.5) is 5.69 Å². The first-order valence-corrected chi connectivity index (χ1v) is 7.19. The molecule has 0 atom stereocenters. The molecule has 1 saturated carbocycles. The second-order valence-electron chi connectivity index (χ2n) is 4.85. The zero-order chi connectivity index (χ0) is 12.4. The van der Waals surface area contributed by atoms with E-state index in [0.717, 1.165) is 22.6 Å². The number of halogens is 1. The maximum atomic E-state index is 3.55. The highest BCUT2D eigenvalue weighted by Gasteiger charge is 2.22. The lowest BCUT2D eigenvalue weighted by Gasteiger charge is -2.09. The minimum atomic E-state index is 0.843. The highest BCUT2D eigenvalue weighted by molar-refractivity contribution is 9.10. The van der Waals surface area contributed by atoms with Gasteiger partial charge in [-0.2, -0.15) is 0 Å². The Morgan fingerprint density at radius 1 is 1.00 bits per heavy atom. The molecule has 1 fully saturated rings. The van der Waals surface area contributed by atoms with Crippen molar-refractivity contribution in [2.24, 2.45) is 0 Å². The van der Waals surface area contributed by atoms with Crippen molar-refractivity contribution in [2.45, 2.75) is 25.3 Å². The number of para-hydroxylation sites is 1. The lowest BCUT2D eigenvalue weighted by molar-refractivity contribution is 1.10. The number of hydrogen-bond acceptors (Lipinski definition) is 1. The Balaban J connectivity index is 1.64. The Morgan fingerprint density at radius 3 is 2.39 bits per heavy atom. The average Bonchev–Trinajstić information content (AvgIpc) is 3.23. The highest BCUT2D eigenvalue weighted by Crippen LogP contribution is 2.39. The van der Waals surface area contributed by atoms with E-state index in [1.807, 2.05) is 12.1 Å². The van der Waals surface area contributed by atoms with Crippen molar-refractivity contribution in [3.05, 3.63) is 64.1 Å². The van der Waals surface area contributed by atoms with Gasteiger partial charge in [0.15, 0.2) is 0 Å². The third-order valence-electron chi connectivity index (χ3n) is 3.39. The van der Waals surface area contributed by atoms with Crippen LogP contribution in [0.3, 0.4) is 0 Å². The Kier molecular flexibility index (Phi) is 3.37. The highest BCUT2D eigenvalue weighted by atomic mass is 79.9. The molecule has 0 bridgehead atoms. The SMILES string of the molecule is Brc1ccccc1NCc1ccc(C2CC2)cc1. The van der Waals surface area contributed by atoms with Gasteiger partial charge >= 0.3 is 0 Å². The summed E-state index contributed by atoms with van der Waals surface area (Å²) in [7, 11) is 0. The van der Waals surface area contributed by atoms with Crippen molar-refractivity contribution in [3.63, 3.8) is 0 Å². The van der Waals surface area contributed by atoms with Crippen molar-refractivity contribution in [1.29, 1.82) is 0 Å². The zero-order valence-electron chi connectivity index (χ0n) is 10.2. The van der Waals surface area contributed by atoms with Gasteiger partial charge in [-0.25, -0.2) is 0 Å². The minimum absolute atomic E-state index is 0.843. The van der Waals surface area contributed by atoms with E-state index in [1.165, 1.54) is 24.0 Å². The number of benzene rings is 2. The molecular formula is C16H16BrN. The first kappa shape index (κ1) is 11.8. The third-order valence-corrected chi connectivity index (χ3v) is 4.08. The fraction of sp³-hybridized carbons (Fsp3) is 0.250. The molecule has 3 rings (SSSR count). The molecule has 0 spiro atoms. The predicted octanol–water partition coefficient (Wildman–Crippen LogP) is 4.94. The van der Waals surface area contributed by atoms with E-state index >= 15 is 0 Å². The summed E-state index contributed by atoms with van der Waals surface area (Å²) >= 11 is 3.55. The van der Waals surface area contributed by atoms with Crippen LogP contribution < -0.4 is 5.32 Å². The van der Waals surface area contributed by atoms with Crippen LogP contribution >= 0.6 is 15.9 Å². The van der Waals surface area contributed by atoms with Crippen LogP contribution in [-0.2, 0) is 6.54 Å². The Bertz CT molecular complexity index is 529. The molecule has 2 aromatic carbocycles. The molecular weight excluding hydrogens is 286 g/mol. The summed E-state index contributed by atoms with van der Waals surface area (Å²) in [6, 6.07) is 17.2. The first-order valence-electron chi connectivity index (χ1n) is 6.40. The van der Waals surface area contributed by atoms with Gasteiger partial charge in [-0.1, -0.05) is 36.4 Å². The fourth-order valence-electron chi connectivity index (χ4n) is 2.13. The molecule has 0 aliphatic heterocycles. The quantitative estimate of drug-likeness (QED) is 0.843. The normalized spacial score (nSPS) is 14.5. The third kappa shape index (κ3) is 2.75. The zero-order valence-corrected chi connectivity index (χ0v) is 11.8. The van der Waals surface area contributed by atoms with Crippen molar-refractivity contribution in [1.82, 2.24) is 0 Å². The maximum Gasteiger partial charge on any atom is 0.0487 e. The Labute approximate surface area is 116 Å². The lowest BCUT2D eigenvalue weighted by atomic mass is 10.1. The van der Waals surface area contributed by atoms with E-state index in [4.69, 9.17) is 0 Å². The molecule has 0 unspecified atom stereocenters. The molecule has 1 aliphatic carbocycles. The van der Waals surface area contributed by atoms with Crippen LogP contribution in [0.2, 0.25) is 0 Å². The maximum absolute atomic E-state index is 3.55. The lowest BCUT2D eigenvalue weighted by Crippen LogP contribution is -1.99. The molecule has 1 aliphatic rings. The van der Waals surface area contributed by atoms with Gasteiger partial charge < -0.3 is 5.32 Å². The molecule has 0 radical (unpaired) electrons. The van der Waals surface area contributed by atoms with Crippen LogP contribution in [0.1, 0.15) is 29.9 Å². The molecule has 18 heavy (non-hydrogen) atoms. The van der Waals surface area contributed by atoms with Crippen molar-refractivity contribution < 1.29 is 0 Å². The van der Waals surface area contributed by atoms with Gasteiger partial charge in [-0.05, 0) is 57.9 Å². The van der Waals surface area contributed by atoms with E-state index < -0.39 is 0 Å². The molecule has 92 valence electrons. The average molecular weight is 302 g/mol. The molecule has 2 heteroatoms. The van der Waals surface area contributed by atoms with Crippen LogP contribution in [-0.4, -0.2) is 0 Å². The summed E-state index contributed by atoms with van der Waals surface area (Å²) in [5, 5.41) is 3.45. The summed E-state index contributed by atoms with van der Waals surface area (Å²) in [5.74, 6) is 0.843. The van der Waals surface area contributed by atoms with Crippen molar-refractivity contribution in [3.8, 4) is 0 Å². The van der Waals surface area contributed by atoms with Gasteiger partial charge in [-0.3, -0.25) is 0 Å². The van der Waals surface area contributed by atoms with E-state index in [0.29, 0.717) is 0 Å². The largest absolute Gasteiger partial charge is 0.380 e. The topological polar surface area (TPSA) is 12.0 Å². The predicted molar refractivity (Wildman–Crippen MR) is 79.9 cm³/mol. The fourth-order valence-corrected chi connectivity index (χ4v) is 2.55. The van der Waals surface area contributed by atoms with Crippen LogP contribution in [0.5, 0.6) is 0 Å². The second-order valence-corrected chi connectivity index (χ2v) is 5.70. The standard InChI is InChI=1S/C16H16BrN/c17-15-3-1-2-4-16(15)18-11-12-5-7-13(8-6-12)14-9-10-14/h1-8,14,18H,9-11H2. The van der Waals surface area contributed by atoms with Crippen molar-refractivity contribution >= 4 is 21.6 Å². The van der Waals surface area contributed by atoms with Gasteiger partial charge in [0.1, 0.15) is 0 Å². The summed E-state index contributed by atoms with van der Waals surface area (Å²) in [6.07, 6.45) is 2.74. The molecule has 1 nitrogen and oxygen atoms in total. The molecule has 1 N–H and O–H groups in total. The first-order chi connectivity index (χ1) is 8.83. The van der Waals surface area contributed by atoms with Crippen LogP contribution in [0.25, 0.3) is 0 Å². The van der Waals surface area contributed by atoms with Crippen LogP contribution in [0, 0.1) is 0 Å². The van der Waals surface area contributed by atoms with E-state index in [-0.39, 0.29) is 0 Å². The molecule has 0 aromatic heterocycles. The number of nitrogens with one attached hydrogen (secondary N) is 1. The minimum Gasteiger partial charge on any atom is -0.380 e. The smallest absolute Gasteiger partial charge is 0.0487 e.